The van der Waals surface area contributed by atoms with Crippen molar-refractivity contribution >= 4 is 39.4 Å². The fraction of sp³-hybridized carbons (Fsp3) is 0.625. The average Bonchev–Trinajstić information content (AvgIpc) is 2.72. The lowest BCUT2D eigenvalue weighted by Gasteiger charge is -2.34. The van der Waals surface area contributed by atoms with Crippen LogP contribution in [-0.2, 0) is 34.6 Å². The molecule has 0 spiro atoms. The van der Waals surface area contributed by atoms with E-state index in [2.05, 4.69) is 15.4 Å². The van der Waals surface area contributed by atoms with Crippen LogP contribution < -0.4 is 15.4 Å². The Hall–Kier alpha value is -2.17. The Balaban J connectivity index is 3.03. The van der Waals surface area contributed by atoms with Crippen LogP contribution in [0.15, 0.2) is 24.3 Å². The minimum atomic E-state index is -3.37. The van der Waals surface area contributed by atoms with Crippen LogP contribution >= 0.6 is 11.6 Å². The van der Waals surface area contributed by atoms with Crippen molar-refractivity contribution in [1.82, 2.24) is 15.4 Å². The molecule has 0 saturated heterocycles. The number of sulfonamides is 1. The number of rotatable bonds is 12. The molecule has 1 aromatic carbocycles. The second kappa shape index (κ2) is 12.7. The number of halogens is 1. The molecule has 0 aliphatic heterocycles. The molecule has 0 unspecified atom stereocenters. The van der Waals surface area contributed by atoms with Gasteiger partial charge in [0.15, 0.2) is 0 Å². The van der Waals surface area contributed by atoms with Crippen molar-refractivity contribution in [2.45, 2.75) is 71.9 Å². The Morgan fingerprint density at radius 1 is 1.03 bits per heavy atom. The lowest BCUT2D eigenvalue weighted by atomic mass is 9.81. The summed E-state index contributed by atoms with van der Waals surface area (Å²) in [6.07, 6.45) is 1.50. The number of benzene rings is 1. The van der Waals surface area contributed by atoms with Gasteiger partial charge in [0.05, 0.1) is 18.3 Å². The first kappa shape index (κ1) is 30.9. The summed E-state index contributed by atoms with van der Waals surface area (Å²) in [4.78, 5) is 39.0. The van der Waals surface area contributed by atoms with Gasteiger partial charge in [0.2, 0.25) is 21.8 Å². The van der Waals surface area contributed by atoms with E-state index in [4.69, 9.17) is 16.3 Å². The van der Waals surface area contributed by atoms with Crippen molar-refractivity contribution < 1.29 is 27.5 Å². The van der Waals surface area contributed by atoms with Crippen molar-refractivity contribution in [3.63, 3.8) is 0 Å². The molecule has 0 aliphatic rings. The first-order valence-electron chi connectivity index (χ1n) is 11.5. The topological polar surface area (TPSA) is 131 Å². The molecular weight excluding hydrogens is 494 g/mol. The molecule has 0 fully saturated rings. The Bertz CT molecular complexity index is 988. The highest BCUT2D eigenvalue weighted by atomic mass is 35.5. The molecule has 3 N–H and O–H groups in total. The number of carbonyl (C=O) groups is 3. The number of hydrogen-bond acceptors (Lipinski definition) is 6. The number of ether oxygens (including phenoxy) is 1. The maximum absolute atomic E-state index is 13.3. The summed E-state index contributed by atoms with van der Waals surface area (Å²) in [6.45, 7) is 10.8. The van der Waals surface area contributed by atoms with E-state index in [9.17, 15) is 22.8 Å². The van der Waals surface area contributed by atoms with Crippen LogP contribution in [0.3, 0.4) is 0 Å². The van der Waals surface area contributed by atoms with E-state index in [0.29, 0.717) is 11.4 Å². The van der Waals surface area contributed by atoms with Gasteiger partial charge in [0, 0.05) is 11.6 Å². The molecule has 0 saturated carbocycles. The van der Waals surface area contributed by atoms with E-state index in [1.54, 1.807) is 45.0 Å². The van der Waals surface area contributed by atoms with Gasteiger partial charge in [-0.2, -0.15) is 0 Å². The van der Waals surface area contributed by atoms with E-state index in [1.165, 1.54) is 0 Å². The second-order valence-electron chi connectivity index (χ2n) is 10.0. The highest BCUT2D eigenvalue weighted by molar-refractivity contribution is 7.88. The molecule has 9 nitrogen and oxygen atoms in total. The van der Waals surface area contributed by atoms with E-state index < -0.39 is 44.8 Å². The van der Waals surface area contributed by atoms with E-state index in [-0.39, 0.29) is 25.5 Å². The van der Waals surface area contributed by atoms with Gasteiger partial charge in [-0.15, -0.1) is 0 Å². The lowest BCUT2D eigenvalue weighted by Crippen LogP contribution is -2.59. The summed E-state index contributed by atoms with van der Waals surface area (Å²) in [5, 5.41) is 6.08. The van der Waals surface area contributed by atoms with Gasteiger partial charge >= 0.3 is 5.97 Å². The van der Waals surface area contributed by atoms with E-state index in [0.717, 1.165) is 11.8 Å². The van der Waals surface area contributed by atoms with Gasteiger partial charge in [0.25, 0.3) is 0 Å². The number of nitrogens with one attached hydrogen (secondary N) is 3. The smallest absolute Gasteiger partial charge is 0.328 e. The molecule has 0 heterocycles. The van der Waals surface area contributed by atoms with Crippen LogP contribution in [0.5, 0.6) is 0 Å². The SMILES string of the molecule is CCOC(=O)[C@@H](CCCNS(C)(=O)=O)NC(=O)[C@@H](NC(=O)C(C)(C)c1ccc(Cl)cc1)C(C)(C)C. The predicted molar refractivity (Wildman–Crippen MR) is 137 cm³/mol. The third-order valence-corrected chi connectivity index (χ3v) is 6.44. The Kier molecular flexibility index (Phi) is 11.2. The molecule has 35 heavy (non-hydrogen) atoms. The molecule has 0 bridgehead atoms. The van der Waals surface area contributed by atoms with Crippen LogP contribution in [0.25, 0.3) is 0 Å². The van der Waals surface area contributed by atoms with Crippen LogP contribution in [0, 0.1) is 5.41 Å². The molecule has 1 rings (SSSR count). The number of hydrogen-bond donors (Lipinski definition) is 3. The minimum absolute atomic E-state index is 0.110. The maximum Gasteiger partial charge on any atom is 0.328 e. The molecule has 11 heteroatoms. The highest BCUT2D eigenvalue weighted by Gasteiger charge is 2.39. The summed E-state index contributed by atoms with van der Waals surface area (Å²) in [7, 11) is -3.37. The van der Waals surface area contributed by atoms with Gasteiger partial charge < -0.3 is 15.4 Å². The normalized spacial score (nSPS) is 14.1. The highest BCUT2D eigenvalue weighted by Crippen LogP contribution is 2.27. The van der Waals surface area contributed by atoms with Gasteiger partial charge in [-0.05, 0) is 56.7 Å². The Labute approximate surface area is 213 Å². The van der Waals surface area contributed by atoms with Gasteiger partial charge in [-0.1, -0.05) is 44.5 Å². The molecule has 0 aromatic heterocycles. The lowest BCUT2D eigenvalue weighted by molar-refractivity contribution is -0.148. The molecule has 2 atom stereocenters. The van der Waals surface area contributed by atoms with Gasteiger partial charge in [-0.25, -0.2) is 17.9 Å². The maximum atomic E-state index is 13.3. The van der Waals surface area contributed by atoms with Crippen LogP contribution in [0.4, 0.5) is 0 Å². The molecule has 2 amide bonds. The zero-order valence-electron chi connectivity index (χ0n) is 21.5. The first-order valence-corrected chi connectivity index (χ1v) is 13.7. The van der Waals surface area contributed by atoms with Crippen LogP contribution in [-0.4, -0.2) is 57.7 Å². The number of amides is 2. The number of esters is 1. The summed E-state index contributed by atoms with van der Waals surface area (Å²) in [6, 6.07) is 4.97. The molecular formula is C24H38ClN3O6S. The molecule has 198 valence electrons. The Morgan fingerprint density at radius 3 is 2.09 bits per heavy atom. The van der Waals surface area contributed by atoms with Crippen molar-refractivity contribution in [2.24, 2.45) is 5.41 Å². The summed E-state index contributed by atoms with van der Waals surface area (Å²) in [5.74, 6) is -1.52. The van der Waals surface area contributed by atoms with E-state index in [1.807, 2.05) is 20.8 Å². The first-order chi connectivity index (χ1) is 16.0. The largest absolute Gasteiger partial charge is 0.464 e. The minimum Gasteiger partial charge on any atom is -0.464 e. The summed E-state index contributed by atoms with van der Waals surface area (Å²) in [5.41, 5.74) is -0.894. The zero-order valence-corrected chi connectivity index (χ0v) is 23.1. The van der Waals surface area contributed by atoms with Crippen molar-refractivity contribution in [3.05, 3.63) is 34.9 Å². The molecule has 1 aromatic rings. The molecule has 0 aliphatic carbocycles. The van der Waals surface area contributed by atoms with Gasteiger partial charge in [-0.3, -0.25) is 9.59 Å². The van der Waals surface area contributed by atoms with Crippen LogP contribution in [0.2, 0.25) is 5.02 Å². The predicted octanol–water partition coefficient (Wildman–Crippen LogP) is 2.53. The summed E-state index contributed by atoms with van der Waals surface area (Å²) < 4.78 is 30.0. The Morgan fingerprint density at radius 2 is 1.60 bits per heavy atom. The third-order valence-electron chi connectivity index (χ3n) is 5.46. The average molecular weight is 532 g/mol. The number of carbonyl (C=O) groups excluding carboxylic acids is 3. The van der Waals surface area contributed by atoms with Crippen molar-refractivity contribution in [1.29, 1.82) is 0 Å². The summed E-state index contributed by atoms with van der Waals surface area (Å²) >= 11 is 5.97. The third kappa shape index (κ3) is 10.1. The van der Waals surface area contributed by atoms with E-state index >= 15 is 0 Å². The fourth-order valence-corrected chi connectivity index (χ4v) is 3.94. The van der Waals surface area contributed by atoms with Gasteiger partial charge in [0.1, 0.15) is 12.1 Å². The van der Waals surface area contributed by atoms with Crippen LogP contribution in [0.1, 0.15) is 59.9 Å². The quantitative estimate of drug-likeness (QED) is 0.280. The van der Waals surface area contributed by atoms with Crippen molar-refractivity contribution in [2.75, 3.05) is 19.4 Å². The monoisotopic (exact) mass is 531 g/mol. The zero-order chi connectivity index (χ0) is 27.0. The van der Waals surface area contributed by atoms with Crippen molar-refractivity contribution in [3.8, 4) is 0 Å². The standard InChI is InChI=1S/C24H38ClN3O6S/c1-8-34-21(30)18(10-9-15-26-35(7,32)33)27-20(29)19(23(2,3)4)28-22(31)24(5,6)16-11-13-17(25)14-12-16/h11-14,18-19,26H,8-10,15H2,1-7H3,(H,27,29)(H,28,31)/t18-,19-/m1/s1. The second-order valence-corrected chi connectivity index (χ2v) is 12.3. The molecule has 0 radical (unpaired) electrons. The fourth-order valence-electron chi connectivity index (χ4n) is 3.30.